The Labute approximate surface area is 156 Å². The first-order valence-corrected chi connectivity index (χ1v) is 8.86. The van der Waals surface area contributed by atoms with Gasteiger partial charge in [0.1, 0.15) is 0 Å². The van der Waals surface area contributed by atoms with E-state index in [0.29, 0.717) is 11.1 Å². The van der Waals surface area contributed by atoms with Gasteiger partial charge in [0.15, 0.2) is 0 Å². The van der Waals surface area contributed by atoms with Gasteiger partial charge in [-0.05, 0) is 55.7 Å². The zero-order chi connectivity index (χ0) is 19.6. The Morgan fingerprint density at radius 1 is 1.15 bits per heavy atom. The number of nitrogens with zero attached hydrogens (tertiary/aromatic N) is 1. The Bertz CT molecular complexity index is 843. The van der Waals surface area contributed by atoms with E-state index in [9.17, 15) is 18.0 Å². The number of hydrogen-bond donors (Lipinski definition) is 2. The molecule has 144 valence electrons. The van der Waals surface area contributed by atoms with E-state index in [2.05, 4.69) is 10.2 Å². The number of carbonyl (C=O) groups excluding carboxylic acids is 1. The Kier molecular flexibility index (Phi) is 5.41. The molecule has 4 nitrogen and oxygen atoms in total. The Hall–Kier alpha value is -2.54. The largest absolute Gasteiger partial charge is 0.416 e. The Balaban J connectivity index is 1.93. The minimum absolute atomic E-state index is 0.0454. The van der Waals surface area contributed by atoms with Crippen molar-refractivity contribution in [2.24, 2.45) is 5.73 Å². The average Bonchev–Trinajstić information content (AvgIpc) is 3.15. The molecule has 1 aliphatic rings. The maximum atomic E-state index is 13.1. The van der Waals surface area contributed by atoms with Gasteiger partial charge in [0.2, 0.25) is 0 Å². The van der Waals surface area contributed by atoms with Crippen LogP contribution in [-0.4, -0.2) is 19.0 Å². The molecule has 1 fully saturated rings. The molecule has 1 aliphatic heterocycles. The number of rotatable bonds is 4. The molecule has 2 aromatic carbocycles. The topological polar surface area (TPSA) is 58.4 Å². The van der Waals surface area contributed by atoms with Crippen LogP contribution in [-0.2, 0) is 12.7 Å². The number of alkyl halides is 3. The number of halogens is 3. The fraction of sp³-hybridized carbons (Fsp3) is 0.350. The summed E-state index contributed by atoms with van der Waals surface area (Å²) in [6.45, 7) is 3.56. The van der Waals surface area contributed by atoms with Crippen molar-refractivity contribution in [2.45, 2.75) is 32.5 Å². The second-order valence-corrected chi connectivity index (χ2v) is 6.79. The zero-order valence-electron chi connectivity index (χ0n) is 15.1. The molecule has 2 aromatic rings. The minimum atomic E-state index is -4.51. The molecule has 0 radical (unpaired) electrons. The zero-order valence-corrected chi connectivity index (χ0v) is 15.1. The second kappa shape index (κ2) is 7.60. The highest BCUT2D eigenvalue weighted by molar-refractivity contribution is 6.08. The summed E-state index contributed by atoms with van der Waals surface area (Å²) in [5, 5.41) is 2.62. The van der Waals surface area contributed by atoms with Crippen LogP contribution in [0.3, 0.4) is 0 Å². The van der Waals surface area contributed by atoms with Crippen molar-refractivity contribution in [3.05, 3.63) is 58.7 Å². The van der Waals surface area contributed by atoms with E-state index < -0.39 is 17.6 Å². The van der Waals surface area contributed by atoms with E-state index in [1.807, 2.05) is 19.1 Å². The summed E-state index contributed by atoms with van der Waals surface area (Å²) in [5.74, 6) is -0.428. The molecular formula is C20H22F3N3O. The molecule has 0 aromatic heterocycles. The highest BCUT2D eigenvalue weighted by atomic mass is 19.4. The molecule has 7 heteroatoms. The molecular weight excluding hydrogens is 355 g/mol. The summed E-state index contributed by atoms with van der Waals surface area (Å²) in [5.41, 5.74) is 7.26. The molecule has 0 aliphatic carbocycles. The number of hydrogen-bond acceptors (Lipinski definition) is 3. The van der Waals surface area contributed by atoms with Crippen LogP contribution in [0.1, 0.15) is 39.9 Å². The summed E-state index contributed by atoms with van der Waals surface area (Å²) < 4.78 is 39.3. The minimum Gasteiger partial charge on any atom is -0.371 e. The van der Waals surface area contributed by atoms with Gasteiger partial charge in [-0.3, -0.25) is 4.79 Å². The van der Waals surface area contributed by atoms with Crippen molar-refractivity contribution in [3.8, 4) is 0 Å². The van der Waals surface area contributed by atoms with E-state index in [4.69, 9.17) is 5.73 Å². The van der Waals surface area contributed by atoms with Crippen molar-refractivity contribution in [3.63, 3.8) is 0 Å². The van der Waals surface area contributed by atoms with Crippen molar-refractivity contribution in [1.82, 2.24) is 0 Å². The molecule has 1 saturated heterocycles. The summed E-state index contributed by atoms with van der Waals surface area (Å²) in [7, 11) is 0. The first kappa shape index (κ1) is 19.2. The normalized spacial score (nSPS) is 14.5. The number of nitrogens with one attached hydrogen (secondary N) is 1. The third kappa shape index (κ3) is 4.42. The molecule has 3 rings (SSSR count). The van der Waals surface area contributed by atoms with Crippen molar-refractivity contribution >= 4 is 17.3 Å². The SMILES string of the molecule is Cc1ccc(N2CCCC2)c(C(=O)Nc2cc(CN)cc(C(F)(F)F)c2)c1. The fourth-order valence-electron chi connectivity index (χ4n) is 3.31. The van der Waals surface area contributed by atoms with Crippen LogP contribution in [0.5, 0.6) is 0 Å². The van der Waals surface area contributed by atoms with Crippen LogP contribution in [0.4, 0.5) is 24.5 Å². The first-order chi connectivity index (χ1) is 12.8. The first-order valence-electron chi connectivity index (χ1n) is 8.86. The van der Waals surface area contributed by atoms with Crippen molar-refractivity contribution < 1.29 is 18.0 Å². The number of carbonyl (C=O) groups is 1. The molecule has 1 heterocycles. The highest BCUT2D eigenvalue weighted by Crippen LogP contribution is 2.32. The van der Waals surface area contributed by atoms with Crippen LogP contribution in [0.15, 0.2) is 36.4 Å². The van der Waals surface area contributed by atoms with Gasteiger partial charge in [-0.2, -0.15) is 13.2 Å². The lowest BCUT2D eigenvalue weighted by molar-refractivity contribution is -0.137. The Morgan fingerprint density at radius 3 is 2.48 bits per heavy atom. The van der Waals surface area contributed by atoms with Crippen molar-refractivity contribution in [2.75, 3.05) is 23.3 Å². The maximum absolute atomic E-state index is 13.1. The maximum Gasteiger partial charge on any atom is 0.416 e. The smallest absolute Gasteiger partial charge is 0.371 e. The van der Waals surface area contributed by atoms with Gasteiger partial charge in [-0.25, -0.2) is 0 Å². The number of nitrogens with two attached hydrogens (primary N) is 1. The molecule has 27 heavy (non-hydrogen) atoms. The molecule has 0 saturated carbocycles. The van der Waals surface area contributed by atoms with E-state index in [0.717, 1.165) is 49.3 Å². The lowest BCUT2D eigenvalue weighted by Crippen LogP contribution is -2.23. The van der Waals surface area contributed by atoms with Crippen LogP contribution in [0, 0.1) is 6.92 Å². The molecule has 0 spiro atoms. The summed E-state index contributed by atoms with van der Waals surface area (Å²) in [4.78, 5) is 15.0. The highest BCUT2D eigenvalue weighted by Gasteiger charge is 2.31. The Morgan fingerprint density at radius 2 is 1.85 bits per heavy atom. The molecule has 0 unspecified atom stereocenters. The van der Waals surface area contributed by atoms with Gasteiger partial charge in [0.05, 0.1) is 11.1 Å². The predicted molar refractivity (Wildman–Crippen MR) is 99.9 cm³/mol. The van der Waals surface area contributed by atoms with Gasteiger partial charge in [0.25, 0.3) is 5.91 Å². The van der Waals surface area contributed by atoms with Crippen LogP contribution >= 0.6 is 0 Å². The molecule has 0 bridgehead atoms. The van der Waals surface area contributed by atoms with E-state index in [1.165, 1.54) is 6.07 Å². The predicted octanol–water partition coefficient (Wildman–Crippen LogP) is 4.33. The third-order valence-corrected chi connectivity index (χ3v) is 4.66. The van der Waals surface area contributed by atoms with Crippen molar-refractivity contribution in [1.29, 1.82) is 0 Å². The number of anilines is 2. The third-order valence-electron chi connectivity index (χ3n) is 4.66. The number of amides is 1. The van der Waals surface area contributed by atoms with Gasteiger partial charge in [0, 0.05) is 31.0 Å². The molecule has 1 amide bonds. The van der Waals surface area contributed by atoms with Gasteiger partial charge in [-0.1, -0.05) is 11.6 Å². The lowest BCUT2D eigenvalue weighted by atomic mass is 10.1. The lowest BCUT2D eigenvalue weighted by Gasteiger charge is -2.21. The quantitative estimate of drug-likeness (QED) is 0.834. The number of benzene rings is 2. The van der Waals surface area contributed by atoms with E-state index >= 15 is 0 Å². The van der Waals surface area contributed by atoms with Gasteiger partial charge < -0.3 is 16.0 Å². The van der Waals surface area contributed by atoms with Gasteiger partial charge >= 0.3 is 6.18 Å². The summed E-state index contributed by atoms with van der Waals surface area (Å²) >= 11 is 0. The summed E-state index contributed by atoms with van der Waals surface area (Å²) in [6, 6.07) is 8.99. The summed E-state index contributed by atoms with van der Waals surface area (Å²) in [6.07, 6.45) is -2.39. The van der Waals surface area contributed by atoms with Crippen LogP contribution in [0.2, 0.25) is 0 Å². The molecule has 0 atom stereocenters. The molecule has 3 N–H and O–H groups in total. The van der Waals surface area contributed by atoms with E-state index in [-0.39, 0.29) is 12.2 Å². The second-order valence-electron chi connectivity index (χ2n) is 6.79. The monoisotopic (exact) mass is 377 g/mol. The number of aryl methyl sites for hydroxylation is 1. The van der Waals surface area contributed by atoms with Gasteiger partial charge in [-0.15, -0.1) is 0 Å². The van der Waals surface area contributed by atoms with Crippen LogP contribution < -0.4 is 16.0 Å². The standard InChI is InChI=1S/C20H22F3N3O/c1-13-4-5-18(26-6-2-3-7-26)17(8-13)19(27)25-16-10-14(12-24)9-15(11-16)20(21,22)23/h4-5,8-11H,2-3,6-7,12,24H2,1H3,(H,25,27). The van der Waals surface area contributed by atoms with Crippen LogP contribution in [0.25, 0.3) is 0 Å². The fourth-order valence-corrected chi connectivity index (χ4v) is 3.31. The van der Waals surface area contributed by atoms with E-state index in [1.54, 1.807) is 6.07 Å². The average molecular weight is 377 g/mol.